The molecule has 1 aromatic rings. The van der Waals surface area contributed by atoms with Gasteiger partial charge < -0.3 is 10.6 Å². The van der Waals surface area contributed by atoms with Crippen LogP contribution in [0.25, 0.3) is 0 Å². The molecule has 0 aliphatic carbocycles. The fourth-order valence-electron chi connectivity index (χ4n) is 2.91. The van der Waals surface area contributed by atoms with Gasteiger partial charge in [-0.2, -0.15) is 0 Å². The zero-order chi connectivity index (χ0) is 21.0. The summed E-state index contributed by atoms with van der Waals surface area (Å²) in [5.74, 6) is 0.693. The molecule has 0 fully saturated rings. The van der Waals surface area contributed by atoms with Crippen LogP contribution in [0.4, 0.5) is 0 Å². The monoisotopic (exact) mass is 411 g/mol. The number of hydrogen-bond donors (Lipinski definition) is 2. The Kier molecular flexibility index (Phi) is 11.1. The Balaban J connectivity index is 2.34. The second-order valence-electron chi connectivity index (χ2n) is 6.86. The van der Waals surface area contributed by atoms with Gasteiger partial charge in [-0.1, -0.05) is 44.2 Å². The van der Waals surface area contributed by atoms with Crippen molar-refractivity contribution in [3.63, 3.8) is 0 Å². The highest BCUT2D eigenvalue weighted by molar-refractivity contribution is 7.89. The van der Waals surface area contributed by atoms with Gasteiger partial charge in [0, 0.05) is 45.8 Å². The standard InChI is InChI=1S/C20H37N5O2S/c1-6-25(7-2)28(26,27)16-15-23-20(21-4)22-14-13-18(3)24(5)17-19-11-9-8-10-12-19/h8-12,18H,6-7,13-17H2,1-5H3,(H2,21,22,23). The zero-order valence-corrected chi connectivity index (χ0v) is 18.8. The lowest BCUT2D eigenvalue weighted by Crippen LogP contribution is -2.43. The smallest absolute Gasteiger partial charge is 0.215 e. The van der Waals surface area contributed by atoms with Crippen molar-refractivity contribution in [2.75, 3.05) is 46.0 Å². The quantitative estimate of drug-likeness (QED) is 0.405. The summed E-state index contributed by atoms with van der Waals surface area (Å²) >= 11 is 0. The molecule has 0 heterocycles. The molecule has 0 radical (unpaired) electrons. The van der Waals surface area contributed by atoms with E-state index in [4.69, 9.17) is 0 Å². The number of hydrogen-bond acceptors (Lipinski definition) is 4. The van der Waals surface area contributed by atoms with Crippen molar-refractivity contribution in [2.24, 2.45) is 4.99 Å². The van der Waals surface area contributed by atoms with Crippen LogP contribution in [-0.2, 0) is 16.6 Å². The molecule has 160 valence electrons. The highest BCUT2D eigenvalue weighted by Gasteiger charge is 2.18. The summed E-state index contributed by atoms with van der Waals surface area (Å²) in [5, 5.41) is 6.36. The number of nitrogens with zero attached hydrogens (tertiary/aromatic N) is 3. The molecule has 28 heavy (non-hydrogen) atoms. The summed E-state index contributed by atoms with van der Waals surface area (Å²) in [6.45, 7) is 8.93. The van der Waals surface area contributed by atoms with E-state index >= 15 is 0 Å². The maximum atomic E-state index is 12.2. The summed E-state index contributed by atoms with van der Waals surface area (Å²) in [6, 6.07) is 10.8. The average molecular weight is 412 g/mol. The van der Waals surface area contributed by atoms with Gasteiger partial charge in [0.2, 0.25) is 10.0 Å². The van der Waals surface area contributed by atoms with Gasteiger partial charge in [0.05, 0.1) is 5.75 Å². The highest BCUT2D eigenvalue weighted by atomic mass is 32.2. The van der Waals surface area contributed by atoms with Gasteiger partial charge >= 0.3 is 0 Å². The second-order valence-corrected chi connectivity index (χ2v) is 8.95. The normalized spacial score (nSPS) is 13.8. The Labute approximate surface area is 171 Å². The van der Waals surface area contributed by atoms with E-state index in [-0.39, 0.29) is 5.75 Å². The van der Waals surface area contributed by atoms with Crippen molar-refractivity contribution in [1.29, 1.82) is 0 Å². The molecule has 1 rings (SSSR count). The van der Waals surface area contributed by atoms with Crippen LogP contribution < -0.4 is 10.6 Å². The first-order valence-electron chi connectivity index (χ1n) is 10.0. The number of aliphatic imine (C=N–C) groups is 1. The molecule has 0 aliphatic rings. The van der Waals surface area contributed by atoms with E-state index in [1.165, 1.54) is 9.87 Å². The fourth-order valence-corrected chi connectivity index (χ4v) is 4.32. The molecule has 2 N–H and O–H groups in total. The van der Waals surface area contributed by atoms with Crippen molar-refractivity contribution < 1.29 is 8.42 Å². The third kappa shape index (κ3) is 8.58. The van der Waals surface area contributed by atoms with E-state index in [1.54, 1.807) is 7.05 Å². The maximum absolute atomic E-state index is 12.2. The summed E-state index contributed by atoms with van der Waals surface area (Å²) in [4.78, 5) is 6.50. The van der Waals surface area contributed by atoms with Crippen LogP contribution in [-0.4, -0.2) is 75.7 Å². The molecule has 0 spiro atoms. The van der Waals surface area contributed by atoms with E-state index in [0.29, 0.717) is 31.6 Å². The van der Waals surface area contributed by atoms with Crippen LogP contribution in [0.5, 0.6) is 0 Å². The first kappa shape index (κ1) is 24.4. The number of nitrogens with one attached hydrogen (secondary N) is 2. The van der Waals surface area contributed by atoms with Crippen molar-refractivity contribution in [3.8, 4) is 0 Å². The maximum Gasteiger partial charge on any atom is 0.215 e. The van der Waals surface area contributed by atoms with Crippen molar-refractivity contribution in [2.45, 2.75) is 39.8 Å². The van der Waals surface area contributed by atoms with Gasteiger partial charge in [-0.05, 0) is 26.0 Å². The lowest BCUT2D eigenvalue weighted by Gasteiger charge is -2.25. The third-order valence-corrected chi connectivity index (χ3v) is 6.88. The molecule has 0 aromatic heterocycles. The van der Waals surface area contributed by atoms with Crippen LogP contribution in [0.15, 0.2) is 35.3 Å². The minimum atomic E-state index is -3.22. The van der Waals surface area contributed by atoms with Gasteiger partial charge in [-0.15, -0.1) is 0 Å². The Hall–Kier alpha value is -1.64. The molecule has 1 unspecified atom stereocenters. The minimum Gasteiger partial charge on any atom is -0.356 e. The largest absolute Gasteiger partial charge is 0.356 e. The molecule has 7 nitrogen and oxygen atoms in total. The van der Waals surface area contributed by atoms with Crippen LogP contribution in [0, 0.1) is 0 Å². The van der Waals surface area contributed by atoms with Crippen molar-refractivity contribution in [3.05, 3.63) is 35.9 Å². The van der Waals surface area contributed by atoms with Gasteiger partial charge in [-0.3, -0.25) is 9.89 Å². The SMILES string of the molecule is CCN(CC)S(=O)(=O)CCNC(=NC)NCCC(C)N(C)Cc1ccccc1. The van der Waals surface area contributed by atoms with E-state index in [9.17, 15) is 8.42 Å². The molecule has 0 aliphatic heterocycles. The third-order valence-electron chi connectivity index (χ3n) is 4.86. The molecule has 1 atom stereocenters. The minimum absolute atomic E-state index is 0.0611. The van der Waals surface area contributed by atoms with E-state index in [2.05, 4.69) is 58.8 Å². The first-order chi connectivity index (χ1) is 13.3. The first-order valence-corrected chi connectivity index (χ1v) is 11.6. The van der Waals surface area contributed by atoms with Gasteiger partial charge in [0.25, 0.3) is 0 Å². The number of rotatable bonds is 12. The molecule has 0 bridgehead atoms. The van der Waals surface area contributed by atoms with Crippen LogP contribution in [0.2, 0.25) is 0 Å². The fraction of sp³-hybridized carbons (Fsp3) is 0.650. The van der Waals surface area contributed by atoms with Gasteiger partial charge in [0.1, 0.15) is 0 Å². The van der Waals surface area contributed by atoms with Crippen molar-refractivity contribution >= 4 is 16.0 Å². The molecular weight excluding hydrogens is 374 g/mol. The van der Waals surface area contributed by atoms with E-state index in [0.717, 1.165) is 19.5 Å². The predicted octanol–water partition coefficient (Wildman–Crippen LogP) is 1.73. The second kappa shape index (κ2) is 12.7. The molecule has 0 saturated carbocycles. The number of guanidine groups is 1. The highest BCUT2D eigenvalue weighted by Crippen LogP contribution is 2.07. The molecule has 8 heteroatoms. The Morgan fingerprint density at radius 3 is 2.29 bits per heavy atom. The van der Waals surface area contributed by atoms with Crippen molar-refractivity contribution in [1.82, 2.24) is 19.8 Å². The summed E-state index contributed by atoms with van der Waals surface area (Å²) in [6.07, 6.45) is 0.960. The van der Waals surface area contributed by atoms with Gasteiger partial charge in [0.15, 0.2) is 5.96 Å². The molecular formula is C20H37N5O2S. The Morgan fingerprint density at radius 1 is 1.11 bits per heavy atom. The van der Waals surface area contributed by atoms with E-state index in [1.807, 2.05) is 19.9 Å². The Bertz CT molecular complexity index is 675. The average Bonchev–Trinajstić information content (AvgIpc) is 2.68. The van der Waals surface area contributed by atoms with Gasteiger partial charge in [-0.25, -0.2) is 12.7 Å². The molecule has 0 amide bonds. The lowest BCUT2D eigenvalue weighted by atomic mass is 10.1. The van der Waals surface area contributed by atoms with Crippen LogP contribution in [0.3, 0.4) is 0 Å². The predicted molar refractivity (Wildman–Crippen MR) is 118 cm³/mol. The van der Waals surface area contributed by atoms with E-state index < -0.39 is 10.0 Å². The van der Waals surface area contributed by atoms with Crippen LogP contribution in [0.1, 0.15) is 32.8 Å². The van der Waals surface area contributed by atoms with Crippen LogP contribution >= 0.6 is 0 Å². The number of benzene rings is 1. The summed E-state index contributed by atoms with van der Waals surface area (Å²) in [5.41, 5.74) is 1.30. The summed E-state index contributed by atoms with van der Waals surface area (Å²) < 4.78 is 25.9. The number of sulfonamides is 1. The Morgan fingerprint density at radius 2 is 1.71 bits per heavy atom. The summed E-state index contributed by atoms with van der Waals surface area (Å²) in [7, 11) is 0.601. The lowest BCUT2D eigenvalue weighted by molar-refractivity contribution is 0.238. The molecule has 1 aromatic carbocycles. The topological polar surface area (TPSA) is 77.0 Å². The zero-order valence-electron chi connectivity index (χ0n) is 18.0. The molecule has 0 saturated heterocycles.